The van der Waals surface area contributed by atoms with Crippen LogP contribution in [0.4, 0.5) is 4.39 Å². The summed E-state index contributed by atoms with van der Waals surface area (Å²) in [6.45, 7) is 1.35. The van der Waals surface area contributed by atoms with Gasteiger partial charge in [0.05, 0.1) is 23.7 Å². The molecule has 0 radical (unpaired) electrons. The van der Waals surface area contributed by atoms with Crippen LogP contribution in [-0.2, 0) is 23.1 Å². The second-order valence-electron chi connectivity index (χ2n) is 4.83. The van der Waals surface area contributed by atoms with Gasteiger partial charge in [0.2, 0.25) is 15.9 Å². The number of hydrogen-bond acceptors (Lipinski definition) is 4. The second kappa shape index (κ2) is 5.86. The number of ether oxygens (including phenoxy) is 1. The lowest BCUT2D eigenvalue weighted by Gasteiger charge is -2.13. The van der Waals surface area contributed by atoms with Crippen molar-refractivity contribution in [1.82, 2.24) is 14.5 Å². The fourth-order valence-electron chi connectivity index (χ4n) is 2.14. The Kier molecular flexibility index (Phi) is 4.07. The molecule has 118 valence electrons. The molecule has 1 aliphatic heterocycles. The zero-order valence-electron chi connectivity index (χ0n) is 11.4. The summed E-state index contributed by atoms with van der Waals surface area (Å²) in [5, 5.41) is 4.27. The molecule has 1 N–H and O–H groups in total. The maximum Gasteiger partial charge on any atom is 0.241 e. The van der Waals surface area contributed by atoms with E-state index in [2.05, 4.69) is 9.82 Å². The Hall–Kier alpha value is -1.64. The predicted octanol–water partition coefficient (Wildman–Crippen LogP) is 1.94. The Morgan fingerprint density at radius 1 is 1.36 bits per heavy atom. The summed E-state index contributed by atoms with van der Waals surface area (Å²) in [5.74, 6) is -0.0898. The average Bonchev–Trinajstić information content (AvgIpc) is 2.87. The molecule has 0 spiro atoms. The minimum absolute atomic E-state index is 0.0141. The molecule has 0 bridgehead atoms. The third-order valence-corrected chi connectivity index (χ3v) is 4.75. The van der Waals surface area contributed by atoms with E-state index in [0.717, 1.165) is 25.1 Å². The Labute approximate surface area is 131 Å². The molecular formula is C13H13ClFN3O3S. The molecule has 0 fully saturated rings. The van der Waals surface area contributed by atoms with E-state index >= 15 is 0 Å². The van der Waals surface area contributed by atoms with Crippen LogP contribution in [0.3, 0.4) is 0 Å². The molecule has 1 aromatic heterocycles. The maximum atomic E-state index is 13.3. The Morgan fingerprint density at radius 2 is 2.18 bits per heavy atom. The monoisotopic (exact) mass is 345 g/mol. The van der Waals surface area contributed by atoms with Gasteiger partial charge in [-0.05, 0) is 18.2 Å². The fraction of sp³-hybridized carbons (Fsp3) is 0.308. The normalized spacial score (nSPS) is 14.5. The smallest absolute Gasteiger partial charge is 0.241 e. The van der Waals surface area contributed by atoms with E-state index in [0.29, 0.717) is 18.2 Å². The van der Waals surface area contributed by atoms with E-state index in [1.807, 2.05) is 0 Å². The summed E-state index contributed by atoms with van der Waals surface area (Å²) in [6.07, 6.45) is 0.863. The van der Waals surface area contributed by atoms with Gasteiger partial charge in [-0.3, -0.25) is 0 Å². The van der Waals surface area contributed by atoms with Crippen molar-refractivity contribution in [2.75, 3.05) is 6.61 Å². The fourth-order valence-corrected chi connectivity index (χ4v) is 3.48. The largest absolute Gasteiger partial charge is 0.478 e. The standard InChI is InChI=1S/C13H13ClFN3O3S/c14-9-4-10(15)6-12(5-9)22(19,20)16-8-11-7-13-18(17-11)2-1-3-21-13/h4-7,16H,1-3,8H2. The minimum atomic E-state index is -3.87. The van der Waals surface area contributed by atoms with Gasteiger partial charge in [-0.1, -0.05) is 11.6 Å². The van der Waals surface area contributed by atoms with Crippen LogP contribution in [0.25, 0.3) is 0 Å². The van der Waals surface area contributed by atoms with Crippen molar-refractivity contribution in [2.24, 2.45) is 0 Å². The topological polar surface area (TPSA) is 73.2 Å². The molecule has 0 saturated heterocycles. The number of sulfonamides is 1. The van der Waals surface area contributed by atoms with Crippen LogP contribution in [0.2, 0.25) is 5.02 Å². The van der Waals surface area contributed by atoms with Gasteiger partial charge in [0.25, 0.3) is 0 Å². The van der Waals surface area contributed by atoms with Gasteiger partial charge in [0, 0.05) is 24.1 Å². The van der Waals surface area contributed by atoms with Crippen molar-refractivity contribution in [3.63, 3.8) is 0 Å². The number of nitrogens with zero attached hydrogens (tertiary/aromatic N) is 2. The van der Waals surface area contributed by atoms with Gasteiger partial charge < -0.3 is 4.74 Å². The number of aryl methyl sites for hydroxylation is 1. The van der Waals surface area contributed by atoms with E-state index in [9.17, 15) is 12.8 Å². The molecule has 2 heterocycles. The number of benzene rings is 1. The summed E-state index contributed by atoms with van der Waals surface area (Å²) < 4.78 is 47.0. The lowest BCUT2D eigenvalue weighted by atomic mass is 10.3. The molecule has 1 aromatic carbocycles. The van der Waals surface area contributed by atoms with Gasteiger partial charge >= 0.3 is 0 Å². The third-order valence-electron chi connectivity index (χ3n) is 3.15. The van der Waals surface area contributed by atoms with Crippen LogP contribution in [0.15, 0.2) is 29.2 Å². The first-order valence-corrected chi connectivity index (χ1v) is 8.45. The number of rotatable bonds is 4. The molecule has 2 aromatic rings. The van der Waals surface area contributed by atoms with Gasteiger partial charge in [0.1, 0.15) is 5.82 Å². The zero-order valence-corrected chi connectivity index (χ0v) is 13.0. The molecule has 0 aliphatic carbocycles. The molecule has 6 nitrogen and oxygen atoms in total. The number of nitrogens with one attached hydrogen (secondary N) is 1. The zero-order chi connectivity index (χ0) is 15.7. The Bertz CT molecular complexity index is 763. The lowest BCUT2D eigenvalue weighted by Crippen LogP contribution is -2.23. The Balaban J connectivity index is 1.76. The summed E-state index contributed by atoms with van der Waals surface area (Å²) in [6, 6.07) is 4.82. The van der Waals surface area contributed by atoms with Gasteiger partial charge in [0.15, 0.2) is 0 Å². The molecule has 9 heteroatoms. The maximum absolute atomic E-state index is 13.3. The second-order valence-corrected chi connectivity index (χ2v) is 7.03. The van der Waals surface area contributed by atoms with Crippen molar-refractivity contribution in [2.45, 2.75) is 24.4 Å². The predicted molar refractivity (Wildman–Crippen MR) is 77.8 cm³/mol. The van der Waals surface area contributed by atoms with Gasteiger partial charge in [-0.15, -0.1) is 0 Å². The van der Waals surface area contributed by atoms with Crippen molar-refractivity contribution in [1.29, 1.82) is 0 Å². The number of fused-ring (bicyclic) bond motifs is 1. The molecule has 0 amide bonds. The summed E-state index contributed by atoms with van der Waals surface area (Å²) in [5.41, 5.74) is 0.531. The first-order valence-electron chi connectivity index (χ1n) is 6.59. The molecule has 1 aliphatic rings. The summed E-state index contributed by atoms with van der Waals surface area (Å²) in [7, 11) is -3.87. The van der Waals surface area contributed by atoms with Crippen molar-refractivity contribution in [3.05, 3.63) is 40.8 Å². The van der Waals surface area contributed by atoms with Crippen molar-refractivity contribution in [3.8, 4) is 5.88 Å². The quantitative estimate of drug-likeness (QED) is 0.919. The van der Waals surface area contributed by atoms with Crippen LogP contribution in [0.1, 0.15) is 12.1 Å². The van der Waals surface area contributed by atoms with E-state index in [4.69, 9.17) is 16.3 Å². The third kappa shape index (κ3) is 3.23. The summed E-state index contributed by atoms with van der Waals surface area (Å²) >= 11 is 5.68. The summed E-state index contributed by atoms with van der Waals surface area (Å²) in [4.78, 5) is -0.224. The lowest BCUT2D eigenvalue weighted by molar-refractivity contribution is 0.230. The van der Waals surface area contributed by atoms with E-state index in [1.165, 1.54) is 6.07 Å². The molecular weight excluding hydrogens is 333 g/mol. The highest BCUT2D eigenvalue weighted by molar-refractivity contribution is 7.89. The van der Waals surface area contributed by atoms with E-state index in [1.54, 1.807) is 10.7 Å². The van der Waals surface area contributed by atoms with Crippen molar-refractivity contribution >= 4 is 21.6 Å². The Morgan fingerprint density at radius 3 is 2.91 bits per heavy atom. The van der Waals surface area contributed by atoms with Crippen LogP contribution >= 0.6 is 11.6 Å². The van der Waals surface area contributed by atoms with E-state index in [-0.39, 0.29) is 16.5 Å². The highest BCUT2D eigenvalue weighted by Gasteiger charge is 2.18. The highest BCUT2D eigenvalue weighted by Crippen LogP contribution is 2.20. The van der Waals surface area contributed by atoms with Crippen molar-refractivity contribution < 1.29 is 17.5 Å². The average molecular weight is 346 g/mol. The van der Waals surface area contributed by atoms with Gasteiger partial charge in [-0.25, -0.2) is 22.2 Å². The molecule has 0 atom stereocenters. The SMILES string of the molecule is O=S(=O)(NCc1cc2n(n1)CCCO2)c1cc(F)cc(Cl)c1. The first-order chi connectivity index (χ1) is 10.4. The van der Waals surface area contributed by atoms with Gasteiger partial charge in [-0.2, -0.15) is 5.10 Å². The first kappa shape index (κ1) is 15.3. The van der Waals surface area contributed by atoms with Crippen LogP contribution < -0.4 is 9.46 Å². The van der Waals surface area contributed by atoms with Crippen LogP contribution in [0.5, 0.6) is 5.88 Å². The molecule has 0 saturated carbocycles. The number of hydrogen-bond donors (Lipinski definition) is 1. The van der Waals surface area contributed by atoms with E-state index < -0.39 is 15.8 Å². The highest BCUT2D eigenvalue weighted by atomic mass is 35.5. The molecule has 0 unspecified atom stereocenters. The number of aromatic nitrogens is 2. The minimum Gasteiger partial charge on any atom is -0.478 e. The number of halogens is 2. The van der Waals surface area contributed by atoms with Crippen LogP contribution in [-0.4, -0.2) is 24.8 Å². The molecule has 22 heavy (non-hydrogen) atoms. The van der Waals surface area contributed by atoms with Crippen LogP contribution in [0, 0.1) is 5.82 Å². The molecule has 3 rings (SSSR count).